The molecule has 0 amide bonds. The number of pyridine rings is 1. The van der Waals surface area contributed by atoms with Crippen molar-refractivity contribution in [3.63, 3.8) is 0 Å². The zero-order valence-electron chi connectivity index (χ0n) is 7.38. The van der Waals surface area contributed by atoms with Crippen molar-refractivity contribution in [1.29, 1.82) is 0 Å². The van der Waals surface area contributed by atoms with Crippen LogP contribution in [-0.4, -0.2) is 9.97 Å². The second kappa shape index (κ2) is 4.43. The van der Waals surface area contributed by atoms with Crippen molar-refractivity contribution in [3.05, 3.63) is 35.0 Å². The summed E-state index contributed by atoms with van der Waals surface area (Å²) in [5, 5.41) is 3.09. The summed E-state index contributed by atoms with van der Waals surface area (Å²) in [4.78, 5) is 9.21. The van der Waals surface area contributed by atoms with Crippen molar-refractivity contribution in [1.82, 2.24) is 9.97 Å². The topological polar surface area (TPSA) is 51.8 Å². The summed E-state index contributed by atoms with van der Waals surface area (Å²) in [6, 6.07) is 1.92. The van der Waals surface area contributed by atoms with E-state index in [1.165, 1.54) is 0 Å². The van der Waals surface area contributed by atoms with E-state index in [9.17, 15) is 0 Å². The van der Waals surface area contributed by atoms with E-state index in [1.54, 1.807) is 35.5 Å². The molecule has 0 spiro atoms. The van der Waals surface area contributed by atoms with Gasteiger partial charge in [-0.05, 0) is 6.07 Å². The van der Waals surface area contributed by atoms with Crippen LogP contribution in [0, 0.1) is 0 Å². The summed E-state index contributed by atoms with van der Waals surface area (Å²) in [6.45, 7) is 0. The van der Waals surface area contributed by atoms with Crippen LogP contribution in [0.1, 0.15) is 5.01 Å². The third-order valence-corrected chi connectivity index (χ3v) is 3.71. The highest BCUT2D eigenvalue weighted by atomic mass is 32.2. The highest BCUT2D eigenvalue weighted by molar-refractivity contribution is 7.98. The summed E-state index contributed by atoms with van der Waals surface area (Å²) in [6.07, 6.45) is 5.24. The molecule has 14 heavy (non-hydrogen) atoms. The van der Waals surface area contributed by atoms with Crippen LogP contribution in [-0.2, 0) is 5.75 Å². The van der Waals surface area contributed by atoms with E-state index in [0.29, 0.717) is 0 Å². The molecule has 0 saturated carbocycles. The monoisotopic (exact) mass is 223 g/mol. The molecule has 2 aromatic heterocycles. The van der Waals surface area contributed by atoms with Gasteiger partial charge < -0.3 is 5.73 Å². The van der Waals surface area contributed by atoms with E-state index in [0.717, 1.165) is 21.3 Å². The summed E-state index contributed by atoms with van der Waals surface area (Å²) in [5.74, 6) is 0.867. The average Bonchev–Trinajstić information content (AvgIpc) is 2.69. The fourth-order valence-corrected chi connectivity index (χ4v) is 2.57. The van der Waals surface area contributed by atoms with Crippen molar-refractivity contribution in [2.24, 2.45) is 0 Å². The van der Waals surface area contributed by atoms with Gasteiger partial charge >= 0.3 is 0 Å². The number of anilines is 1. The number of hydrogen-bond acceptors (Lipinski definition) is 5. The van der Waals surface area contributed by atoms with Gasteiger partial charge in [0.25, 0.3) is 0 Å². The first kappa shape index (κ1) is 9.48. The number of rotatable bonds is 3. The molecule has 5 heteroatoms. The molecular weight excluding hydrogens is 214 g/mol. The quantitative estimate of drug-likeness (QED) is 0.812. The van der Waals surface area contributed by atoms with Crippen LogP contribution in [0.2, 0.25) is 0 Å². The summed E-state index contributed by atoms with van der Waals surface area (Å²) < 4.78 is 0. The molecule has 0 unspecified atom stereocenters. The molecule has 2 rings (SSSR count). The molecule has 0 fully saturated rings. The number of nitrogens with zero attached hydrogens (tertiary/aromatic N) is 2. The van der Waals surface area contributed by atoms with Gasteiger partial charge in [-0.3, -0.25) is 4.98 Å². The highest BCUT2D eigenvalue weighted by Gasteiger charge is 2.01. The Balaban J connectivity index is 2.02. The van der Waals surface area contributed by atoms with E-state index in [2.05, 4.69) is 9.97 Å². The lowest BCUT2D eigenvalue weighted by atomic mass is 10.4. The molecule has 2 N–H and O–H groups in total. The van der Waals surface area contributed by atoms with Crippen LogP contribution in [0.5, 0.6) is 0 Å². The lowest BCUT2D eigenvalue weighted by molar-refractivity contribution is 1.24. The molecule has 0 aliphatic heterocycles. The maximum Gasteiger partial charge on any atom is 0.103 e. The van der Waals surface area contributed by atoms with Crippen molar-refractivity contribution < 1.29 is 0 Å². The third kappa shape index (κ3) is 2.24. The Hall–Kier alpha value is -1.07. The number of nitrogens with two attached hydrogens (primary N) is 1. The van der Waals surface area contributed by atoms with E-state index in [1.807, 2.05) is 17.6 Å². The van der Waals surface area contributed by atoms with E-state index in [4.69, 9.17) is 5.73 Å². The van der Waals surface area contributed by atoms with Gasteiger partial charge in [-0.1, -0.05) is 0 Å². The number of thiazole rings is 1. The van der Waals surface area contributed by atoms with Gasteiger partial charge in [0.1, 0.15) is 5.01 Å². The zero-order chi connectivity index (χ0) is 9.80. The number of aromatic nitrogens is 2. The number of hydrogen-bond donors (Lipinski definition) is 1. The molecule has 72 valence electrons. The maximum atomic E-state index is 5.76. The Morgan fingerprint density at radius 2 is 2.36 bits per heavy atom. The van der Waals surface area contributed by atoms with E-state index < -0.39 is 0 Å². The van der Waals surface area contributed by atoms with Crippen LogP contribution < -0.4 is 5.73 Å². The first-order valence-corrected chi connectivity index (χ1v) is 5.93. The van der Waals surface area contributed by atoms with Gasteiger partial charge in [0.2, 0.25) is 0 Å². The lowest BCUT2D eigenvalue weighted by Crippen LogP contribution is -1.89. The van der Waals surface area contributed by atoms with Crippen LogP contribution in [0.15, 0.2) is 34.9 Å². The van der Waals surface area contributed by atoms with Crippen molar-refractivity contribution >= 4 is 28.8 Å². The summed E-state index contributed by atoms with van der Waals surface area (Å²) in [5.41, 5.74) is 6.49. The molecule has 0 aliphatic rings. The second-order valence-corrected chi connectivity index (χ2v) is 4.62. The van der Waals surface area contributed by atoms with Crippen molar-refractivity contribution in [2.45, 2.75) is 10.6 Å². The maximum absolute atomic E-state index is 5.76. The van der Waals surface area contributed by atoms with Crippen LogP contribution >= 0.6 is 23.1 Å². The molecular formula is C9H9N3S2. The SMILES string of the molecule is Nc1cnccc1SCc1nccs1. The molecule has 3 nitrogen and oxygen atoms in total. The number of thioether (sulfide) groups is 1. The molecule has 0 atom stereocenters. The van der Waals surface area contributed by atoms with Crippen molar-refractivity contribution in [3.8, 4) is 0 Å². The molecule has 0 aromatic carbocycles. The average molecular weight is 223 g/mol. The lowest BCUT2D eigenvalue weighted by Gasteiger charge is -2.01. The Labute approximate surface area is 90.4 Å². The standard InChI is InChI=1S/C9H9N3S2/c10-7-5-11-2-1-8(7)14-6-9-12-3-4-13-9/h1-5H,6,10H2. The van der Waals surface area contributed by atoms with Gasteiger partial charge in [-0.25, -0.2) is 4.98 Å². The van der Waals surface area contributed by atoms with Crippen LogP contribution in [0.25, 0.3) is 0 Å². The third-order valence-electron chi connectivity index (χ3n) is 1.64. The Morgan fingerprint density at radius 1 is 1.43 bits per heavy atom. The summed E-state index contributed by atoms with van der Waals surface area (Å²) in [7, 11) is 0. The molecule has 2 aromatic rings. The Morgan fingerprint density at radius 3 is 3.07 bits per heavy atom. The first-order valence-electron chi connectivity index (χ1n) is 4.07. The second-order valence-electron chi connectivity index (χ2n) is 2.63. The minimum Gasteiger partial charge on any atom is -0.397 e. The molecule has 0 bridgehead atoms. The molecule has 0 aliphatic carbocycles. The van der Waals surface area contributed by atoms with Crippen LogP contribution in [0.3, 0.4) is 0 Å². The minimum absolute atomic E-state index is 0.731. The van der Waals surface area contributed by atoms with Gasteiger partial charge in [0.05, 0.1) is 17.6 Å². The van der Waals surface area contributed by atoms with Gasteiger partial charge in [-0.2, -0.15) is 0 Å². The predicted octanol–water partition coefficient (Wildman–Crippen LogP) is 2.41. The first-order chi connectivity index (χ1) is 6.86. The highest BCUT2D eigenvalue weighted by Crippen LogP contribution is 2.27. The smallest absolute Gasteiger partial charge is 0.103 e. The largest absolute Gasteiger partial charge is 0.397 e. The van der Waals surface area contributed by atoms with Gasteiger partial charge in [-0.15, -0.1) is 23.1 Å². The van der Waals surface area contributed by atoms with E-state index >= 15 is 0 Å². The van der Waals surface area contributed by atoms with Crippen LogP contribution in [0.4, 0.5) is 5.69 Å². The van der Waals surface area contributed by atoms with E-state index in [-0.39, 0.29) is 0 Å². The molecule has 2 heterocycles. The summed E-state index contributed by atoms with van der Waals surface area (Å²) >= 11 is 3.35. The van der Waals surface area contributed by atoms with Crippen molar-refractivity contribution in [2.75, 3.05) is 5.73 Å². The molecule has 0 saturated heterocycles. The fourth-order valence-electron chi connectivity index (χ4n) is 0.989. The van der Waals surface area contributed by atoms with Gasteiger partial charge in [0, 0.05) is 22.7 Å². The predicted molar refractivity (Wildman–Crippen MR) is 60.3 cm³/mol. The number of nitrogen functional groups attached to an aromatic ring is 1. The van der Waals surface area contributed by atoms with Gasteiger partial charge in [0.15, 0.2) is 0 Å². The Bertz CT molecular complexity index is 400. The normalized spacial score (nSPS) is 10.3. The molecule has 0 radical (unpaired) electrons. The fraction of sp³-hybridized carbons (Fsp3) is 0.111. The zero-order valence-corrected chi connectivity index (χ0v) is 9.02. The minimum atomic E-state index is 0.731. The Kier molecular flexibility index (Phi) is 3.00.